The second kappa shape index (κ2) is 5.79. The van der Waals surface area contributed by atoms with Gasteiger partial charge < -0.3 is 10.1 Å². The summed E-state index contributed by atoms with van der Waals surface area (Å²) in [6, 6.07) is 0. The molecule has 1 N–H and O–H groups in total. The van der Waals surface area contributed by atoms with Crippen molar-refractivity contribution in [1.82, 2.24) is 9.62 Å². The first kappa shape index (κ1) is 12.9. The van der Waals surface area contributed by atoms with Crippen LogP contribution in [0, 0.1) is 0 Å². The molecule has 1 aliphatic rings. The lowest BCUT2D eigenvalue weighted by Gasteiger charge is -2.27. The first-order valence-corrected chi connectivity index (χ1v) is 6.74. The van der Waals surface area contributed by atoms with Crippen molar-refractivity contribution in [3.8, 4) is 0 Å². The largest absolute Gasteiger partial charge is 0.383 e. The van der Waals surface area contributed by atoms with Crippen LogP contribution in [-0.4, -0.2) is 58.4 Å². The predicted molar refractivity (Wildman–Crippen MR) is 59.3 cm³/mol. The Morgan fingerprint density at radius 2 is 2.00 bits per heavy atom. The van der Waals surface area contributed by atoms with Crippen LogP contribution in [0.1, 0.15) is 12.8 Å². The fourth-order valence-electron chi connectivity index (χ4n) is 1.69. The Hall–Kier alpha value is -0.170. The first-order valence-electron chi connectivity index (χ1n) is 5.24. The molecule has 0 aliphatic carbocycles. The minimum Gasteiger partial charge on any atom is -0.383 e. The minimum atomic E-state index is -3.12. The van der Waals surface area contributed by atoms with E-state index in [2.05, 4.69) is 5.32 Å². The van der Waals surface area contributed by atoms with Crippen LogP contribution < -0.4 is 5.32 Å². The molecule has 1 fully saturated rings. The summed E-state index contributed by atoms with van der Waals surface area (Å²) in [4.78, 5) is 0. The Bertz CT molecular complexity index is 273. The summed E-state index contributed by atoms with van der Waals surface area (Å²) < 4.78 is 30.4. The van der Waals surface area contributed by atoms with Gasteiger partial charge in [-0.15, -0.1) is 0 Å². The quantitative estimate of drug-likeness (QED) is 0.708. The van der Waals surface area contributed by atoms with Gasteiger partial charge in [0.2, 0.25) is 10.0 Å². The van der Waals surface area contributed by atoms with Crippen molar-refractivity contribution in [3.63, 3.8) is 0 Å². The molecule has 1 rings (SSSR count). The van der Waals surface area contributed by atoms with Crippen molar-refractivity contribution < 1.29 is 13.2 Å². The van der Waals surface area contributed by atoms with Gasteiger partial charge in [0.05, 0.1) is 11.9 Å². The number of likely N-dealkylation sites (N-methyl/N-ethyl adjacent to an activating group) is 1. The highest BCUT2D eigenvalue weighted by molar-refractivity contribution is 7.89. The van der Waals surface area contributed by atoms with E-state index in [1.54, 1.807) is 14.2 Å². The number of rotatable bonds is 5. The van der Waals surface area contributed by atoms with Gasteiger partial charge in [0.1, 0.15) is 0 Å². The maximum atomic E-state index is 12.0. The minimum absolute atomic E-state index is 0.222. The van der Waals surface area contributed by atoms with Crippen LogP contribution in [0.3, 0.4) is 0 Å². The molecule has 0 aromatic heterocycles. The summed E-state index contributed by atoms with van der Waals surface area (Å²) in [6.45, 7) is 2.47. The third-order valence-electron chi connectivity index (χ3n) is 2.75. The van der Waals surface area contributed by atoms with Crippen LogP contribution in [0.2, 0.25) is 0 Å². The van der Waals surface area contributed by atoms with E-state index in [0.717, 1.165) is 13.1 Å². The number of methoxy groups -OCH3 is 1. The van der Waals surface area contributed by atoms with E-state index in [1.165, 1.54) is 4.31 Å². The number of nitrogens with one attached hydrogen (secondary N) is 1. The van der Waals surface area contributed by atoms with Crippen LogP contribution in [0.5, 0.6) is 0 Å². The Balaban J connectivity index is 2.55. The van der Waals surface area contributed by atoms with Crippen LogP contribution in [-0.2, 0) is 14.8 Å². The molecule has 1 saturated heterocycles. The lowest BCUT2D eigenvalue weighted by molar-refractivity contribution is 0.184. The lowest BCUT2D eigenvalue weighted by Crippen LogP contribution is -2.43. The van der Waals surface area contributed by atoms with E-state index in [4.69, 9.17) is 4.74 Å². The zero-order chi connectivity index (χ0) is 11.3. The third kappa shape index (κ3) is 3.41. The molecule has 15 heavy (non-hydrogen) atoms. The van der Waals surface area contributed by atoms with E-state index in [1.807, 2.05) is 0 Å². The number of nitrogens with zero attached hydrogens (tertiary/aromatic N) is 1. The molecule has 0 unspecified atom stereocenters. The van der Waals surface area contributed by atoms with Crippen LogP contribution in [0.15, 0.2) is 0 Å². The van der Waals surface area contributed by atoms with Crippen molar-refractivity contribution in [1.29, 1.82) is 0 Å². The van der Waals surface area contributed by atoms with E-state index in [0.29, 0.717) is 26.0 Å². The topological polar surface area (TPSA) is 58.6 Å². The van der Waals surface area contributed by atoms with Gasteiger partial charge in [-0.25, -0.2) is 12.7 Å². The molecule has 0 radical (unpaired) electrons. The standard InChI is InChI=1S/C9H20N2O3S/c1-11(7-8-14-2)15(12,13)9-3-5-10-6-4-9/h9-10H,3-8H2,1-2H3. The van der Waals surface area contributed by atoms with Gasteiger partial charge in [0.15, 0.2) is 0 Å². The second-order valence-corrected chi connectivity index (χ2v) is 6.13. The average molecular weight is 236 g/mol. The van der Waals surface area contributed by atoms with E-state index in [9.17, 15) is 8.42 Å². The van der Waals surface area contributed by atoms with Gasteiger partial charge in [-0.3, -0.25) is 0 Å². The van der Waals surface area contributed by atoms with Crippen LogP contribution in [0.25, 0.3) is 0 Å². The Kier molecular flexibility index (Phi) is 4.98. The Labute approximate surface area is 91.8 Å². The fraction of sp³-hybridized carbons (Fsp3) is 1.00. The highest BCUT2D eigenvalue weighted by Crippen LogP contribution is 2.16. The fourth-order valence-corrected chi connectivity index (χ4v) is 3.36. The number of hydrogen-bond donors (Lipinski definition) is 1. The van der Waals surface area contributed by atoms with Crippen molar-refractivity contribution in [3.05, 3.63) is 0 Å². The molecule has 0 bridgehead atoms. The van der Waals surface area contributed by atoms with Gasteiger partial charge in [-0.1, -0.05) is 0 Å². The molecule has 1 aliphatic heterocycles. The normalized spacial score (nSPS) is 19.7. The lowest BCUT2D eigenvalue weighted by atomic mass is 10.2. The molecule has 0 amide bonds. The summed E-state index contributed by atoms with van der Waals surface area (Å²) in [5.74, 6) is 0. The molecule has 5 nitrogen and oxygen atoms in total. The number of ether oxygens (including phenoxy) is 1. The SMILES string of the molecule is COCCN(C)S(=O)(=O)C1CCNCC1. The maximum Gasteiger partial charge on any atom is 0.216 e. The maximum absolute atomic E-state index is 12.0. The Morgan fingerprint density at radius 3 is 2.53 bits per heavy atom. The molecule has 0 aromatic carbocycles. The van der Waals surface area contributed by atoms with E-state index >= 15 is 0 Å². The molecule has 90 valence electrons. The second-order valence-electron chi connectivity index (χ2n) is 3.81. The van der Waals surface area contributed by atoms with Crippen LogP contribution >= 0.6 is 0 Å². The van der Waals surface area contributed by atoms with Gasteiger partial charge in [0.25, 0.3) is 0 Å². The van der Waals surface area contributed by atoms with Gasteiger partial charge in [-0.2, -0.15) is 0 Å². The molecular formula is C9H20N2O3S. The van der Waals surface area contributed by atoms with Crippen molar-refractivity contribution in [2.45, 2.75) is 18.1 Å². The molecule has 0 aromatic rings. The smallest absolute Gasteiger partial charge is 0.216 e. The van der Waals surface area contributed by atoms with Gasteiger partial charge in [-0.05, 0) is 25.9 Å². The number of piperidine rings is 1. The van der Waals surface area contributed by atoms with E-state index < -0.39 is 10.0 Å². The highest BCUT2D eigenvalue weighted by Gasteiger charge is 2.30. The monoisotopic (exact) mass is 236 g/mol. The average Bonchev–Trinajstić information content (AvgIpc) is 2.27. The van der Waals surface area contributed by atoms with Gasteiger partial charge in [0, 0.05) is 20.7 Å². The van der Waals surface area contributed by atoms with Crippen molar-refractivity contribution in [2.75, 3.05) is 40.4 Å². The summed E-state index contributed by atoms with van der Waals surface area (Å²) in [7, 11) is 0.0749. The first-order chi connectivity index (χ1) is 7.09. The van der Waals surface area contributed by atoms with Gasteiger partial charge >= 0.3 is 0 Å². The van der Waals surface area contributed by atoms with E-state index in [-0.39, 0.29) is 5.25 Å². The molecule has 0 spiro atoms. The highest BCUT2D eigenvalue weighted by atomic mass is 32.2. The van der Waals surface area contributed by atoms with Crippen molar-refractivity contribution in [2.24, 2.45) is 0 Å². The summed E-state index contributed by atoms with van der Waals surface area (Å²) in [5, 5.41) is 2.94. The molecular weight excluding hydrogens is 216 g/mol. The zero-order valence-corrected chi connectivity index (χ0v) is 10.2. The Morgan fingerprint density at radius 1 is 1.40 bits per heavy atom. The zero-order valence-electron chi connectivity index (χ0n) is 9.40. The summed E-state index contributed by atoms with van der Waals surface area (Å²) in [6.07, 6.45) is 1.42. The van der Waals surface area contributed by atoms with Crippen LogP contribution in [0.4, 0.5) is 0 Å². The predicted octanol–water partition coefficient (Wildman–Crippen LogP) is -0.354. The number of sulfonamides is 1. The molecule has 6 heteroatoms. The summed E-state index contributed by atoms with van der Waals surface area (Å²) in [5.41, 5.74) is 0. The summed E-state index contributed by atoms with van der Waals surface area (Å²) >= 11 is 0. The molecule has 1 heterocycles. The molecule has 0 atom stereocenters. The van der Waals surface area contributed by atoms with Crippen molar-refractivity contribution >= 4 is 10.0 Å². The number of hydrogen-bond acceptors (Lipinski definition) is 4. The third-order valence-corrected chi connectivity index (χ3v) is 5.12. The molecule has 0 saturated carbocycles.